The van der Waals surface area contributed by atoms with Gasteiger partial charge in [-0.25, -0.2) is 9.38 Å². The summed E-state index contributed by atoms with van der Waals surface area (Å²) in [4.78, 5) is 3.57. The quantitative estimate of drug-likeness (QED) is 0.693. The van der Waals surface area contributed by atoms with Crippen LogP contribution in [0.5, 0.6) is 0 Å². The third-order valence-electron chi connectivity index (χ3n) is 1.45. The summed E-state index contributed by atoms with van der Waals surface area (Å²) in [5, 5.41) is 12.1. The fourth-order valence-corrected chi connectivity index (χ4v) is 1.26. The SMILES string of the molecule is CC(F)C1(O)N=CNC=C1Br. The Labute approximate surface area is 72.1 Å². The van der Waals surface area contributed by atoms with Crippen molar-refractivity contribution in [3.05, 3.63) is 10.7 Å². The molecule has 0 aromatic carbocycles. The molecule has 2 N–H and O–H groups in total. The second-order valence-electron chi connectivity index (χ2n) is 2.26. The van der Waals surface area contributed by atoms with E-state index in [2.05, 4.69) is 26.2 Å². The first kappa shape index (κ1) is 8.67. The molecular weight excluding hydrogens is 215 g/mol. The van der Waals surface area contributed by atoms with Gasteiger partial charge in [-0.05, 0) is 22.9 Å². The Kier molecular flexibility index (Phi) is 2.29. The molecule has 0 aliphatic carbocycles. The Balaban J connectivity index is 2.91. The molecule has 0 saturated heterocycles. The van der Waals surface area contributed by atoms with Crippen LogP contribution in [0.4, 0.5) is 4.39 Å². The summed E-state index contributed by atoms with van der Waals surface area (Å²) in [6, 6.07) is 0. The lowest BCUT2D eigenvalue weighted by Crippen LogP contribution is -2.39. The normalized spacial score (nSPS) is 32.5. The van der Waals surface area contributed by atoms with Gasteiger partial charge in [-0.1, -0.05) is 0 Å². The van der Waals surface area contributed by atoms with Crippen LogP contribution in [-0.2, 0) is 0 Å². The van der Waals surface area contributed by atoms with Gasteiger partial charge in [0.1, 0.15) is 0 Å². The number of hydrogen-bond donors (Lipinski definition) is 2. The van der Waals surface area contributed by atoms with Crippen LogP contribution in [0.3, 0.4) is 0 Å². The minimum Gasteiger partial charge on any atom is -0.363 e. The van der Waals surface area contributed by atoms with Gasteiger partial charge in [0.25, 0.3) is 0 Å². The van der Waals surface area contributed by atoms with Crippen molar-refractivity contribution in [1.82, 2.24) is 5.32 Å². The highest BCUT2D eigenvalue weighted by Crippen LogP contribution is 2.30. The van der Waals surface area contributed by atoms with Gasteiger partial charge >= 0.3 is 0 Å². The van der Waals surface area contributed by atoms with Gasteiger partial charge in [-0.2, -0.15) is 0 Å². The highest BCUT2D eigenvalue weighted by molar-refractivity contribution is 9.11. The van der Waals surface area contributed by atoms with Crippen molar-refractivity contribution in [2.75, 3.05) is 0 Å². The predicted molar refractivity (Wildman–Crippen MR) is 44.2 cm³/mol. The number of alkyl halides is 1. The summed E-state index contributed by atoms with van der Waals surface area (Å²) in [6.45, 7) is 1.25. The average Bonchev–Trinajstić information content (AvgIpc) is 1.95. The smallest absolute Gasteiger partial charge is 0.223 e. The Hall–Kier alpha value is -0.420. The average molecular weight is 223 g/mol. The lowest BCUT2D eigenvalue weighted by atomic mass is 10.1. The minimum atomic E-state index is -1.74. The first-order valence-electron chi connectivity index (χ1n) is 3.09. The monoisotopic (exact) mass is 222 g/mol. The van der Waals surface area contributed by atoms with Crippen LogP contribution in [0, 0.1) is 0 Å². The standard InChI is InChI=1S/C6H8BrFN2O/c1-4(8)6(11)5(7)2-9-3-10-6/h2-4,11H,1H3,(H,9,10). The number of aliphatic imine (C=N–C) groups is 1. The summed E-state index contributed by atoms with van der Waals surface area (Å²) in [5.41, 5.74) is -1.74. The molecule has 1 rings (SSSR count). The molecule has 1 heterocycles. The number of nitrogens with zero attached hydrogens (tertiary/aromatic N) is 1. The van der Waals surface area contributed by atoms with Crippen LogP contribution < -0.4 is 5.32 Å². The number of rotatable bonds is 1. The van der Waals surface area contributed by atoms with E-state index in [-0.39, 0.29) is 0 Å². The zero-order valence-corrected chi connectivity index (χ0v) is 7.47. The second-order valence-corrected chi connectivity index (χ2v) is 3.11. The molecule has 62 valence electrons. The van der Waals surface area contributed by atoms with E-state index in [1.54, 1.807) is 0 Å². The van der Waals surface area contributed by atoms with E-state index in [9.17, 15) is 9.50 Å². The topological polar surface area (TPSA) is 44.6 Å². The molecule has 0 amide bonds. The van der Waals surface area contributed by atoms with E-state index in [0.717, 1.165) is 0 Å². The molecule has 3 nitrogen and oxygen atoms in total. The van der Waals surface area contributed by atoms with Gasteiger partial charge in [-0.3, -0.25) is 0 Å². The highest BCUT2D eigenvalue weighted by Gasteiger charge is 2.37. The fraction of sp³-hybridized carbons (Fsp3) is 0.500. The number of nitrogens with one attached hydrogen (secondary N) is 1. The molecule has 11 heavy (non-hydrogen) atoms. The molecule has 0 saturated carbocycles. The maximum Gasteiger partial charge on any atom is 0.223 e. The van der Waals surface area contributed by atoms with E-state index < -0.39 is 11.9 Å². The van der Waals surface area contributed by atoms with Gasteiger partial charge in [-0.15, -0.1) is 0 Å². The number of aliphatic hydroxyl groups is 1. The molecule has 0 fully saturated rings. The zero-order valence-electron chi connectivity index (χ0n) is 5.88. The predicted octanol–water partition coefficient (Wildman–Crippen LogP) is 0.901. The van der Waals surface area contributed by atoms with Crippen molar-refractivity contribution < 1.29 is 9.50 Å². The molecule has 0 aromatic heterocycles. The lowest BCUT2D eigenvalue weighted by molar-refractivity contribution is 0.0197. The molecule has 5 heteroatoms. The summed E-state index contributed by atoms with van der Waals surface area (Å²) < 4.78 is 13.1. The zero-order chi connectivity index (χ0) is 8.48. The molecule has 2 atom stereocenters. The van der Waals surface area contributed by atoms with E-state index in [4.69, 9.17) is 0 Å². The molecule has 0 spiro atoms. The fourth-order valence-electron chi connectivity index (χ4n) is 0.707. The number of hydrogen-bond acceptors (Lipinski definition) is 3. The Morgan fingerprint density at radius 3 is 2.91 bits per heavy atom. The van der Waals surface area contributed by atoms with Gasteiger partial charge in [0.15, 0.2) is 6.17 Å². The van der Waals surface area contributed by atoms with Crippen molar-refractivity contribution in [3.63, 3.8) is 0 Å². The highest BCUT2D eigenvalue weighted by atomic mass is 79.9. The Morgan fingerprint density at radius 1 is 1.91 bits per heavy atom. The van der Waals surface area contributed by atoms with Gasteiger partial charge in [0, 0.05) is 6.20 Å². The third-order valence-corrected chi connectivity index (χ3v) is 2.26. The van der Waals surface area contributed by atoms with Crippen LogP contribution in [0.2, 0.25) is 0 Å². The van der Waals surface area contributed by atoms with E-state index in [1.807, 2.05) is 0 Å². The molecule has 1 aliphatic heterocycles. The number of halogens is 2. The molecule has 1 aliphatic rings. The molecular formula is C6H8BrFN2O. The van der Waals surface area contributed by atoms with Crippen LogP contribution in [0.15, 0.2) is 15.7 Å². The van der Waals surface area contributed by atoms with E-state index >= 15 is 0 Å². The van der Waals surface area contributed by atoms with Crippen LogP contribution in [0.25, 0.3) is 0 Å². The lowest BCUT2D eigenvalue weighted by Gasteiger charge is -2.26. The summed E-state index contributed by atoms with van der Waals surface area (Å²) in [7, 11) is 0. The van der Waals surface area contributed by atoms with Crippen molar-refractivity contribution in [2.45, 2.75) is 18.8 Å². The van der Waals surface area contributed by atoms with Gasteiger partial charge < -0.3 is 10.4 Å². The Morgan fingerprint density at radius 2 is 2.55 bits per heavy atom. The molecule has 0 aromatic rings. The summed E-state index contributed by atoms with van der Waals surface area (Å²) >= 11 is 3.01. The van der Waals surface area contributed by atoms with Gasteiger partial charge in [0.2, 0.25) is 5.72 Å². The van der Waals surface area contributed by atoms with E-state index in [0.29, 0.717) is 4.48 Å². The summed E-state index contributed by atoms with van der Waals surface area (Å²) in [5.74, 6) is 0. The van der Waals surface area contributed by atoms with E-state index in [1.165, 1.54) is 19.5 Å². The summed E-state index contributed by atoms with van der Waals surface area (Å²) in [6.07, 6.45) is 1.26. The third kappa shape index (κ3) is 1.44. The van der Waals surface area contributed by atoms with Crippen molar-refractivity contribution >= 4 is 22.3 Å². The van der Waals surface area contributed by atoms with Crippen molar-refractivity contribution in [2.24, 2.45) is 4.99 Å². The second kappa shape index (κ2) is 2.91. The Bertz CT molecular complexity index is 217. The first-order chi connectivity index (χ1) is 5.07. The molecule has 2 unspecified atom stereocenters. The maximum absolute atomic E-state index is 12.8. The minimum absolute atomic E-state index is 0.294. The van der Waals surface area contributed by atoms with Crippen LogP contribution in [0.1, 0.15) is 6.92 Å². The first-order valence-corrected chi connectivity index (χ1v) is 3.89. The van der Waals surface area contributed by atoms with Gasteiger partial charge in [0.05, 0.1) is 10.8 Å². The van der Waals surface area contributed by atoms with Crippen molar-refractivity contribution in [1.29, 1.82) is 0 Å². The van der Waals surface area contributed by atoms with Crippen LogP contribution >= 0.6 is 15.9 Å². The molecule has 0 bridgehead atoms. The van der Waals surface area contributed by atoms with Crippen molar-refractivity contribution in [3.8, 4) is 0 Å². The largest absolute Gasteiger partial charge is 0.363 e. The maximum atomic E-state index is 12.8. The molecule has 0 radical (unpaired) electrons. The van der Waals surface area contributed by atoms with Crippen LogP contribution in [-0.4, -0.2) is 23.3 Å².